The minimum atomic E-state index is 0.611. The Hall–Kier alpha value is -0.250. The number of thioether (sulfide) groups is 1. The van der Waals surface area contributed by atoms with Crippen LogP contribution in [0.15, 0.2) is 18.3 Å². The van der Waals surface area contributed by atoms with Gasteiger partial charge in [0.05, 0.1) is 5.69 Å². The highest BCUT2D eigenvalue weighted by atomic mass is 35.5. The molecular weight excluding hydrogens is 240 g/mol. The average molecular weight is 257 g/mol. The SMILES string of the molecule is CC1SCCN(Cc2cc(Cl)ccn2)C1C. The Labute approximate surface area is 106 Å². The molecule has 1 aliphatic rings. The lowest BCUT2D eigenvalue weighted by molar-refractivity contribution is 0.202. The summed E-state index contributed by atoms with van der Waals surface area (Å²) in [6.07, 6.45) is 1.78. The van der Waals surface area contributed by atoms with Crippen LogP contribution in [-0.2, 0) is 6.54 Å². The van der Waals surface area contributed by atoms with Gasteiger partial charge in [-0.3, -0.25) is 9.88 Å². The summed E-state index contributed by atoms with van der Waals surface area (Å²) in [5.41, 5.74) is 1.07. The van der Waals surface area contributed by atoms with Gasteiger partial charge in [0.15, 0.2) is 0 Å². The van der Waals surface area contributed by atoms with Gasteiger partial charge in [0, 0.05) is 41.4 Å². The van der Waals surface area contributed by atoms with Crippen molar-refractivity contribution in [2.45, 2.75) is 31.7 Å². The molecule has 1 aromatic heterocycles. The average Bonchev–Trinajstić information content (AvgIpc) is 2.25. The van der Waals surface area contributed by atoms with Crippen molar-refractivity contribution in [3.63, 3.8) is 0 Å². The maximum atomic E-state index is 5.96. The quantitative estimate of drug-likeness (QED) is 0.809. The van der Waals surface area contributed by atoms with E-state index in [4.69, 9.17) is 11.6 Å². The van der Waals surface area contributed by atoms with Gasteiger partial charge in [-0.15, -0.1) is 0 Å². The molecule has 2 rings (SSSR count). The van der Waals surface area contributed by atoms with Crippen LogP contribution in [0.25, 0.3) is 0 Å². The van der Waals surface area contributed by atoms with Crippen molar-refractivity contribution in [3.05, 3.63) is 29.0 Å². The van der Waals surface area contributed by atoms with Gasteiger partial charge in [0.25, 0.3) is 0 Å². The largest absolute Gasteiger partial charge is 0.293 e. The fraction of sp³-hybridized carbons (Fsp3) is 0.583. The second kappa shape index (κ2) is 5.39. The molecule has 2 atom stereocenters. The molecule has 0 saturated carbocycles. The third-order valence-electron chi connectivity index (χ3n) is 3.16. The summed E-state index contributed by atoms with van der Waals surface area (Å²) in [7, 11) is 0. The molecule has 0 amide bonds. The third kappa shape index (κ3) is 2.90. The fourth-order valence-electron chi connectivity index (χ4n) is 1.96. The molecule has 2 unspecified atom stereocenters. The third-order valence-corrected chi connectivity index (χ3v) is 4.73. The van der Waals surface area contributed by atoms with Crippen LogP contribution < -0.4 is 0 Å². The van der Waals surface area contributed by atoms with Crippen molar-refractivity contribution in [1.29, 1.82) is 0 Å². The standard InChI is InChI=1S/C12H17ClN2S/c1-9-10(2)16-6-5-15(9)8-12-7-11(13)3-4-14-12/h3-4,7,9-10H,5-6,8H2,1-2H3. The highest BCUT2D eigenvalue weighted by Crippen LogP contribution is 2.25. The Morgan fingerprint density at radius 1 is 1.56 bits per heavy atom. The van der Waals surface area contributed by atoms with E-state index in [2.05, 4.69) is 35.5 Å². The summed E-state index contributed by atoms with van der Waals surface area (Å²) in [6, 6.07) is 4.39. The summed E-state index contributed by atoms with van der Waals surface area (Å²) in [4.78, 5) is 6.85. The number of pyridine rings is 1. The molecule has 1 aliphatic heterocycles. The lowest BCUT2D eigenvalue weighted by Gasteiger charge is -2.37. The predicted molar refractivity (Wildman–Crippen MR) is 71.0 cm³/mol. The topological polar surface area (TPSA) is 16.1 Å². The first-order chi connectivity index (χ1) is 7.66. The van der Waals surface area contributed by atoms with E-state index < -0.39 is 0 Å². The van der Waals surface area contributed by atoms with Crippen LogP contribution in [0.3, 0.4) is 0 Å². The van der Waals surface area contributed by atoms with E-state index >= 15 is 0 Å². The second-order valence-corrected chi connectivity index (χ2v) is 6.17. The van der Waals surface area contributed by atoms with E-state index in [1.807, 2.05) is 12.1 Å². The molecule has 1 aromatic rings. The zero-order valence-corrected chi connectivity index (χ0v) is 11.3. The van der Waals surface area contributed by atoms with Gasteiger partial charge in [-0.1, -0.05) is 18.5 Å². The number of hydrogen-bond acceptors (Lipinski definition) is 3. The number of rotatable bonds is 2. The van der Waals surface area contributed by atoms with Crippen LogP contribution in [0, 0.1) is 0 Å². The molecule has 1 fully saturated rings. The van der Waals surface area contributed by atoms with Gasteiger partial charge < -0.3 is 0 Å². The number of aromatic nitrogens is 1. The number of hydrogen-bond donors (Lipinski definition) is 0. The lowest BCUT2D eigenvalue weighted by Crippen LogP contribution is -2.44. The monoisotopic (exact) mass is 256 g/mol. The van der Waals surface area contributed by atoms with Gasteiger partial charge in [-0.05, 0) is 19.1 Å². The molecule has 2 heterocycles. The Bertz CT molecular complexity index is 359. The molecule has 2 nitrogen and oxygen atoms in total. The normalized spacial score (nSPS) is 26.9. The van der Waals surface area contributed by atoms with Gasteiger partial charge in [0.2, 0.25) is 0 Å². The van der Waals surface area contributed by atoms with Crippen molar-refractivity contribution in [1.82, 2.24) is 9.88 Å². The van der Waals surface area contributed by atoms with Crippen LogP contribution in [-0.4, -0.2) is 33.5 Å². The van der Waals surface area contributed by atoms with Gasteiger partial charge in [-0.25, -0.2) is 0 Å². The smallest absolute Gasteiger partial charge is 0.0558 e. The van der Waals surface area contributed by atoms with Gasteiger partial charge in [0.1, 0.15) is 0 Å². The van der Waals surface area contributed by atoms with Crippen molar-refractivity contribution in [3.8, 4) is 0 Å². The van der Waals surface area contributed by atoms with Crippen molar-refractivity contribution < 1.29 is 0 Å². The zero-order valence-electron chi connectivity index (χ0n) is 9.69. The number of halogens is 1. The molecular formula is C12H17ClN2S. The summed E-state index contributed by atoms with van der Waals surface area (Å²) in [5, 5.41) is 1.48. The van der Waals surface area contributed by atoms with E-state index in [1.165, 1.54) is 5.75 Å². The summed E-state index contributed by atoms with van der Waals surface area (Å²) in [5.74, 6) is 1.21. The molecule has 88 valence electrons. The first-order valence-corrected chi connectivity index (χ1v) is 7.05. The molecule has 0 radical (unpaired) electrons. The van der Waals surface area contributed by atoms with Crippen molar-refractivity contribution in [2.24, 2.45) is 0 Å². The lowest BCUT2D eigenvalue weighted by atomic mass is 10.2. The summed E-state index contributed by atoms with van der Waals surface area (Å²) >= 11 is 8.02. The second-order valence-electron chi connectivity index (χ2n) is 4.25. The van der Waals surface area contributed by atoms with Crippen LogP contribution in [0.4, 0.5) is 0 Å². The van der Waals surface area contributed by atoms with E-state index in [0.717, 1.165) is 23.8 Å². The van der Waals surface area contributed by atoms with Gasteiger partial charge in [-0.2, -0.15) is 11.8 Å². The Morgan fingerprint density at radius 2 is 2.38 bits per heavy atom. The van der Waals surface area contributed by atoms with Crippen molar-refractivity contribution in [2.75, 3.05) is 12.3 Å². The first kappa shape index (κ1) is 12.2. The summed E-state index contributed by atoms with van der Waals surface area (Å²) in [6.45, 7) is 6.64. The minimum absolute atomic E-state index is 0.611. The molecule has 0 bridgehead atoms. The van der Waals surface area contributed by atoms with E-state index in [1.54, 1.807) is 6.20 Å². The van der Waals surface area contributed by atoms with Crippen LogP contribution >= 0.6 is 23.4 Å². The molecule has 4 heteroatoms. The zero-order chi connectivity index (χ0) is 11.5. The van der Waals surface area contributed by atoms with E-state index in [9.17, 15) is 0 Å². The molecule has 0 aliphatic carbocycles. The fourth-order valence-corrected chi connectivity index (χ4v) is 3.31. The maximum Gasteiger partial charge on any atom is 0.0558 e. The van der Waals surface area contributed by atoms with Crippen LogP contribution in [0.1, 0.15) is 19.5 Å². The molecule has 0 N–H and O–H groups in total. The molecule has 0 spiro atoms. The van der Waals surface area contributed by atoms with E-state index in [-0.39, 0.29) is 0 Å². The van der Waals surface area contributed by atoms with Gasteiger partial charge >= 0.3 is 0 Å². The first-order valence-electron chi connectivity index (χ1n) is 5.63. The molecule has 16 heavy (non-hydrogen) atoms. The van der Waals surface area contributed by atoms with Crippen molar-refractivity contribution >= 4 is 23.4 Å². The molecule has 1 saturated heterocycles. The van der Waals surface area contributed by atoms with Crippen LogP contribution in [0.2, 0.25) is 5.02 Å². The minimum Gasteiger partial charge on any atom is -0.293 e. The summed E-state index contributed by atoms with van der Waals surface area (Å²) < 4.78 is 0. The molecule has 0 aromatic carbocycles. The Morgan fingerprint density at radius 3 is 3.12 bits per heavy atom. The number of nitrogens with zero attached hydrogens (tertiary/aromatic N) is 2. The van der Waals surface area contributed by atoms with Crippen LogP contribution in [0.5, 0.6) is 0 Å². The predicted octanol–water partition coefficient (Wildman–Crippen LogP) is 3.06. The highest BCUT2D eigenvalue weighted by Gasteiger charge is 2.25. The Balaban J connectivity index is 2.03. The Kier molecular flexibility index (Phi) is 4.11. The maximum absolute atomic E-state index is 5.96. The highest BCUT2D eigenvalue weighted by molar-refractivity contribution is 8.00. The van der Waals surface area contributed by atoms with E-state index in [0.29, 0.717) is 11.3 Å².